The zero-order valence-corrected chi connectivity index (χ0v) is 19.3. The molecule has 1 aliphatic heterocycles. The van der Waals surface area contributed by atoms with Crippen LogP contribution in [0.25, 0.3) is 0 Å². The van der Waals surface area contributed by atoms with Gasteiger partial charge in [-0.1, -0.05) is 27.7 Å². The fourth-order valence-corrected chi connectivity index (χ4v) is 3.02. The van der Waals surface area contributed by atoms with E-state index in [4.69, 9.17) is 9.73 Å². The van der Waals surface area contributed by atoms with Gasteiger partial charge in [-0.15, -0.1) is 24.0 Å². The molecule has 150 valence electrons. The minimum atomic E-state index is 0. The van der Waals surface area contributed by atoms with Crippen molar-refractivity contribution in [3.05, 3.63) is 11.6 Å². The molecule has 7 nitrogen and oxygen atoms in total. The zero-order chi connectivity index (χ0) is 18.4. The zero-order valence-electron chi connectivity index (χ0n) is 17.0. The van der Waals surface area contributed by atoms with Crippen molar-refractivity contribution in [2.45, 2.75) is 72.6 Å². The summed E-state index contributed by atoms with van der Waals surface area (Å²) in [4.78, 5) is 9.33. The quantitative estimate of drug-likeness (QED) is 0.373. The molecule has 0 fully saturated rings. The molecule has 1 aromatic rings. The van der Waals surface area contributed by atoms with E-state index in [0.29, 0.717) is 12.6 Å². The standard InChI is InChI=1S/C18H34N6O.HI/c1-7-15-22-16-10-9-13(12-24(16)23-15)21-17(19-8-2)20-11-14(25-6)18(3,4)5;/h13-14H,7-12H2,1-6H3,(H2,19,20,21);1H. The van der Waals surface area contributed by atoms with Gasteiger partial charge in [0.05, 0.1) is 19.2 Å². The first-order chi connectivity index (χ1) is 11.9. The molecule has 0 saturated heterocycles. The minimum absolute atomic E-state index is 0. The third-order valence-corrected chi connectivity index (χ3v) is 4.57. The van der Waals surface area contributed by atoms with Crippen molar-refractivity contribution in [1.82, 2.24) is 25.4 Å². The molecule has 0 aliphatic carbocycles. The number of methoxy groups -OCH3 is 1. The Labute approximate surface area is 174 Å². The maximum Gasteiger partial charge on any atom is 0.191 e. The summed E-state index contributed by atoms with van der Waals surface area (Å²) in [6.45, 7) is 13.0. The SMILES string of the molecule is CCNC(=NCC(OC)C(C)(C)C)NC1CCc2nc(CC)nn2C1.I. The molecule has 2 atom stereocenters. The Balaban J connectivity index is 0.00000338. The summed E-state index contributed by atoms with van der Waals surface area (Å²) in [6.07, 6.45) is 2.96. The van der Waals surface area contributed by atoms with Crippen LogP contribution in [0.2, 0.25) is 0 Å². The van der Waals surface area contributed by atoms with Crippen LogP contribution in [-0.4, -0.2) is 53.1 Å². The fourth-order valence-electron chi connectivity index (χ4n) is 3.02. The van der Waals surface area contributed by atoms with Gasteiger partial charge in [-0.3, -0.25) is 4.99 Å². The van der Waals surface area contributed by atoms with E-state index in [2.05, 4.69) is 55.3 Å². The summed E-state index contributed by atoms with van der Waals surface area (Å²) in [5.41, 5.74) is 0.0621. The predicted octanol–water partition coefficient (Wildman–Crippen LogP) is 2.39. The van der Waals surface area contributed by atoms with E-state index in [1.54, 1.807) is 7.11 Å². The number of aryl methyl sites for hydroxylation is 2. The van der Waals surface area contributed by atoms with Gasteiger partial charge >= 0.3 is 0 Å². The highest BCUT2D eigenvalue weighted by Gasteiger charge is 2.25. The number of ether oxygens (including phenoxy) is 1. The van der Waals surface area contributed by atoms with Gasteiger partial charge < -0.3 is 15.4 Å². The smallest absolute Gasteiger partial charge is 0.191 e. The van der Waals surface area contributed by atoms with E-state index in [1.165, 1.54) is 0 Å². The molecule has 2 N–H and O–H groups in total. The Morgan fingerprint density at radius 3 is 2.69 bits per heavy atom. The minimum Gasteiger partial charge on any atom is -0.379 e. The molecular weight excluding hydrogens is 443 g/mol. The predicted molar refractivity (Wildman–Crippen MR) is 116 cm³/mol. The van der Waals surface area contributed by atoms with Crippen molar-refractivity contribution in [3.8, 4) is 0 Å². The van der Waals surface area contributed by atoms with E-state index < -0.39 is 0 Å². The highest BCUT2D eigenvalue weighted by Crippen LogP contribution is 2.22. The molecule has 2 heterocycles. The van der Waals surface area contributed by atoms with E-state index in [1.807, 2.05) is 4.68 Å². The summed E-state index contributed by atoms with van der Waals surface area (Å²) < 4.78 is 7.65. The number of nitrogens with one attached hydrogen (secondary N) is 2. The number of halogens is 1. The number of fused-ring (bicyclic) bond motifs is 1. The van der Waals surface area contributed by atoms with Crippen molar-refractivity contribution < 1.29 is 4.74 Å². The van der Waals surface area contributed by atoms with Crippen LogP contribution in [0.4, 0.5) is 0 Å². The average molecular weight is 478 g/mol. The van der Waals surface area contributed by atoms with E-state index in [-0.39, 0.29) is 35.5 Å². The number of aromatic nitrogens is 3. The van der Waals surface area contributed by atoms with E-state index in [0.717, 1.165) is 50.0 Å². The van der Waals surface area contributed by atoms with Crippen molar-refractivity contribution in [3.63, 3.8) is 0 Å². The van der Waals surface area contributed by atoms with Crippen LogP contribution >= 0.6 is 24.0 Å². The van der Waals surface area contributed by atoms with Crippen LogP contribution in [0.1, 0.15) is 52.7 Å². The van der Waals surface area contributed by atoms with Gasteiger partial charge in [-0.05, 0) is 18.8 Å². The number of aliphatic imine (C=N–C) groups is 1. The van der Waals surface area contributed by atoms with Crippen LogP contribution in [0.3, 0.4) is 0 Å². The lowest BCUT2D eigenvalue weighted by atomic mass is 9.89. The maximum absolute atomic E-state index is 5.61. The maximum atomic E-state index is 5.61. The molecule has 0 amide bonds. The lowest BCUT2D eigenvalue weighted by Crippen LogP contribution is -2.47. The highest BCUT2D eigenvalue weighted by molar-refractivity contribution is 14.0. The van der Waals surface area contributed by atoms with Crippen LogP contribution in [0, 0.1) is 5.41 Å². The molecule has 0 radical (unpaired) electrons. The number of hydrogen-bond acceptors (Lipinski definition) is 4. The highest BCUT2D eigenvalue weighted by atomic mass is 127. The van der Waals surface area contributed by atoms with Crippen LogP contribution < -0.4 is 10.6 Å². The summed E-state index contributed by atoms with van der Waals surface area (Å²) >= 11 is 0. The van der Waals surface area contributed by atoms with Gasteiger partial charge in [0.25, 0.3) is 0 Å². The molecule has 2 unspecified atom stereocenters. The second kappa shape index (κ2) is 10.4. The summed E-state index contributed by atoms with van der Waals surface area (Å²) in [5.74, 6) is 2.88. The molecule has 8 heteroatoms. The Morgan fingerprint density at radius 1 is 1.38 bits per heavy atom. The van der Waals surface area contributed by atoms with Gasteiger partial charge in [0, 0.05) is 32.5 Å². The monoisotopic (exact) mass is 478 g/mol. The molecule has 2 rings (SSSR count). The van der Waals surface area contributed by atoms with Crippen LogP contribution in [0.5, 0.6) is 0 Å². The number of hydrogen-bond donors (Lipinski definition) is 2. The van der Waals surface area contributed by atoms with Gasteiger partial charge in [0.15, 0.2) is 11.8 Å². The Hall–Kier alpha value is -0.900. The van der Waals surface area contributed by atoms with Gasteiger partial charge in [0.2, 0.25) is 0 Å². The topological polar surface area (TPSA) is 76.4 Å². The summed E-state index contributed by atoms with van der Waals surface area (Å²) in [6, 6.07) is 0.312. The lowest BCUT2D eigenvalue weighted by Gasteiger charge is -2.29. The number of guanidine groups is 1. The second-order valence-corrected chi connectivity index (χ2v) is 7.67. The van der Waals surface area contributed by atoms with Crippen molar-refractivity contribution in [1.29, 1.82) is 0 Å². The molecule has 0 bridgehead atoms. The number of nitrogens with zero attached hydrogens (tertiary/aromatic N) is 4. The van der Waals surface area contributed by atoms with Crippen LogP contribution in [-0.2, 0) is 24.1 Å². The molecule has 0 saturated carbocycles. The number of rotatable bonds is 6. The third-order valence-electron chi connectivity index (χ3n) is 4.57. The first-order valence-electron chi connectivity index (χ1n) is 9.37. The lowest BCUT2D eigenvalue weighted by molar-refractivity contribution is 0.0241. The first kappa shape index (κ1) is 23.1. The first-order valence-corrected chi connectivity index (χ1v) is 9.37. The summed E-state index contributed by atoms with van der Waals surface area (Å²) in [7, 11) is 1.75. The molecule has 0 aromatic carbocycles. The molecule has 26 heavy (non-hydrogen) atoms. The summed E-state index contributed by atoms with van der Waals surface area (Å²) in [5, 5.41) is 11.5. The van der Waals surface area contributed by atoms with Gasteiger partial charge in [0.1, 0.15) is 5.82 Å². The molecule has 0 spiro atoms. The Kier molecular flexibility index (Phi) is 9.29. The van der Waals surface area contributed by atoms with Crippen molar-refractivity contribution in [2.75, 3.05) is 20.2 Å². The molecule has 1 aromatic heterocycles. The average Bonchev–Trinajstić information content (AvgIpc) is 2.96. The van der Waals surface area contributed by atoms with E-state index >= 15 is 0 Å². The fraction of sp³-hybridized carbons (Fsp3) is 0.833. The van der Waals surface area contributed by atoms with E-state index in [9.17, 15) is 0 Å². The Bertz CT molecular complexity index is 581. The molecular formula is C18H35IN6O. The molecule has 1 aliphatic rings. The van der Waals surface area contributed by atoms with Crippen LogP contribution in [0.15, 0.2) is 4.99 Å². The van der Waals surface area contributed by atoms with Gasteiger partial charge in [-0.2, -0.15) is 5.10 Å². The van der Waals surface area contributed by atoms with Crippen molar-refractivity contribution >= 4 is 29.9 Å². The van der Waals surface area contributed by atoms with Crippen molar-refractivity contribution in [2.24, 2.45) is 10.4 Å². The third kappa shape index (κ3) is 6.37. The second-order valence-electron chi connectivity index (χ2n) is 7.67. The van der Waals surface area contributed by atoms with Gasteiger partial charge in [-0.25, -0.2) is 9.67 Å². The Morgan fingerprint density at radius 2 is 2.12 bits per heavy atom. The largest absolute Gasteiger partial charge is 0.379 e. The normalized spacial score (nSPS) is 18.7.